The average molecular weight is 932 g/mol. The molecular weight excluding hydrogens is 883 g/mol. The van der Waals surface area contributed by atoms with Gasteiger partial charge in [-0.15, -0.1) is 0 Å². The Bertz CT molecular complexity index is 3950. The van der Waals surface area contributed by atoms with Crippen molar-refractivity contribution in [2.75, 3.05) is 4.90 Å². The molecule has 338 valence electrons. The minimum atomic E-state index is -2.76. The lowest BCUT2D eigenvalue weighted by Crippen LogP contribution is -2.74. The first-order chi connectivity index (χ1) is 35.8. The normalized spacial score (nSPS) is 11.6. The molecule has 0 spiro atoms. The van der Waals surface area contributed by atoms with Gasteiger partial charge in [0.05, 0.1) is 5.69 Å². The highest BCUT2D eigenvalue weighted by atomic mass is 28.3. The van der Waals surface area contributed by atoms with Crippen LogP contribution in [0.15, 0.2) is 297 Å². The first-order valence-corrected chi connectivity index (χ1v) is 26.9. The Kier molecular flexibility index (Phi) is 10.9. The zero-order valence-corrected chi connectivity index (χ0v) is 40.7. The van der Waals surface area contributed by atoms with E-state index in [1.165, 1.54) is 97.2 Å². The molecule has 1 nitrogen and oxygen atoms in total. The van der Waals surface area contributed by atoms with Crippen molar-refractivity contribution in [2.24, 2.45) is 0 Å². The summed E-state index contributed by atoms with van der Waals surface area (Å²) in [6, 6.07) is 110. The molecule has 13 aromatic rings. The Morgan fingerprint density at radius 3 is 1.26 bits per heavy atom. The summed E-state index contributed by atoms with van der Waals surface area (Å²) < 4.78 is 0. The quantitative estimate of drug-likeness (QED) is 0.0750. The standard InChI is InChI=1S/C70H49NSi/c1-7-24-51(25-8-1)64-49-65(52-26-9-2-10-27-52)69-62-40-22-21-39-61(62)66-48-55(44-47-63(66)70(69)68(64)53-29-11-3-12-30-53)71(67-41-23-31-50-28-19-20-38-60(50)67)54-42-45-59(46-43-54)72(56-32-13-4-14-33-56,57-34-15-5-16-35-57)58-36-17-6-18-37-58/h1-49H. The van der Waals surface area contributed by atoms with Gasteiger partial charge in [0, 0.05) is 16.8 Å². The van der Waals surface area contributed by atoms with Crippen LogP contribution in [-0.2, 0) is 0 Å². The molecule has 0 radical (unpaired) electrons. The maximum absolute atomic E-state index is 2.76. The molecule has 0 heterocycles. The van der Waals surface area contributed by atoms with Gasteiger partial charge >= 0.3 is 0 Å². The van der Waals surface area contributed by atoms with E-state index < -0.39 is 8.07 Å². The van der Waals surface area contributed by atoms with E-state index in [4.69, 9.17) is 0 Å². The van der Waals surface area contributed by atoms with E-state index in [1.54, 1.807) is 0 Å². The molecule has 0 aliphatic heterocycles. The Morgan fingerprint density at radius 1 is 0.250 bits per heavy atom. The summed E-state index contributed by atoms with van der Waals surface area (Å²) >= 11 is 0. The number of anilines is 3. The summed E-state index contributed by atoms with van der Waals surface area (Å²) in [6.07, 6.45) is 0. The van der Waals surface area contributed by atoms with Crippen LogP contribution in [-0.4, -0.2) is 8.07 Å². The zero-order chi connectivity index (χ0) is 47.8. The van der Waals surface area contributed by atoms with Crippen molar-refractivity contribution < 1.29 is 0 Å². The molecule has 0 unspecified atom stereocenters. The fourth-order valence-corrected chi connectivity index (χ4v) is 16.4. The zero-order valence-electron chi connectivity index (χ0n) is 39.7. The highest BCUT2D eigenvalue weighted by Crippen LogP contribution is 2.50. The lowest BCUT2D eigenvalue weighted by molar-refractivity contribution is 1.31. The minimum absolute atomic E-state index is 1.09. The van der Waals surface area contributed by atoms with Gasteiger partial charge < -0.3 is 4.90 Å². The molecule has 0 fully saturated rings. The summed E-state index contributed by atoms with van der Waals surface area (Å²) in [7, 11) is -2.76. The number of benzene rings is 13. The fraction of sp³-hybridized carbons (Fsp3) is 0. The molecule has 13 aromatic carbocycles. The SMILES string of the molecule is c1ccc(-c2cc(-c3ccccc3)c3c4ccccc4c4cc(N(c5ccc([Si](c6ccccc6)(c6ccccc6)c6ccccc6)cc5)c5cccc6ccccc56)ccc4c3c2-c2ccccc2)cc1. The van der Waals surface area contributed by atoms with Gasteiger partial charge in [0.2, 0.25) is 0 Å². The number of hydrogen-bond acceptors (Lipinski definition) is 1. The smallest absolute Gasteiger partial charge is 0.179 e. The lowest BCUT2D eigenvalue weighted by atomic mass is 9.81. The molecule has 0 saturated carbocycles. The number of nitrogens with zero attached hydrogens (tertiary/aromatic N) is 1. The van der Waals surface area contributed by atoms with Crippen LogP contribution in [0.4, 0.5) is 17.1 Å². The molecule has 0 aromatic heterocycles. The Hall–Kier alpha value is -9.08. The average Bonchev–Trinajstić information content (AvgIpc) is 3.47. The summed E-state index contributed by atoms with van der Waals surface area (Å²) in [5, 5.41) is 15.2. The van der Waals surface area contributed by atoms with E-state index in [2.05, 4.69) is 302 Å². The first-order valence-electron chi connectivity index (χ1n) is 24.9. The van der Waals surface area contributed by atoms with Crippen LogP contribution in [0.5, 0.6) is 0 Å². The van der Waals surface area contributed by atoms with E-state index in [-0.39, 0.29) is 0 Å². The molecule has 0 atom stereocenters. The molecular formula is C70H49NSi. The number of fused-ring (bicyclic) bond motifs is 7. The largest absolute Gasteiger partial charge is 0.310 e. The lowest BCUT2D eigenvalue weighted by Gasteiger charge is -2.35. The van der Waals surface area contributed by atoms with E-state index in [0.717, 1.165) is 17.1 Å². The van der Waals surface area contributed by atoms with Gasteiger partial charge in [0.25, 0.3) is 0 Å². The monoisotopic (exact) mass is 931 g/mol. The van der Waals surface area contributed by atoms with Crippen molar-refractivity contribution in [3.8, 4) is 33.4 Å². The van der Waals surface area contributed by atoms with Crippen LogP contribution in [0.1, 0.15) is 0 Å². The Morgan fingerprint density at radius 2 is 0.681 bits per heavy atom. The second-order valence-electron chi connectivity index (χ2n) is 18.7. The minimum Gasteiger partial charge on any atom is -0.310 e. The molecule has 72 heavy (non-hydrogen) atoms. The van der Waals surface area contributed by atoms with Crippen molar-refractivity contribution in [3.05, 3.63) is 297 Å². The molecule has 0 saturated heterocycles. The van der Waals surface area contributed by atoms with Crippen LogP contribution in [0.25, 0.3) is 76.5 Å². The van der Waals surface area contributed by atoms with Gasteiger partial charge in [0.1, 0.15) is 0 Å². The van der Waals surface area contributed by atoms with E-state index in [9.17, 15) is 0 Å². The van der Waals surface area contributed by atoms with Crippen molar-refractivity contribution >= 4 is 89.0 Å². The molecule has 0 aliphatic rings. The van der Waals surface area contributed by atoms with Gasteiger partial charge in [0.15, 0.2) is 8.07 Å². The van der Waals surface area contributed by atoms with Crippen LogP contribution in [0.3, 0.4) is 0 Å². The van der Waals surface area contributed by atoms with E-state index in [1.807, 2.05) is 0 Å². The number of rotatable bonds is 10. The third-order valence-corrected chi connectivity index (χ3v) is 19.6. The third-order valence-electron chi connectivity index (χ3n) is 14.8. The van der Waals surface area contributed by atoms with Crippen LogP contribution in [0.2, 0.25) is 0 Å². The molecule has 0 bridgehead atoms. The number of hydrogen-bond donors (Lipinski definition) is 0. The molecule has 0 aliphatic carbocycles. The van der Waals surface area contributed by atoms with Crippen LogP contribution in [0, 0.1) is 0 Å². The van der Waals surface area contributed by atoms with Gasteiger partial charge in [-0.25, -0.2) is 0 Å². The topological polar surface area (TPSA) is 3.24 Å². The van der Waals surface area contributed by atoms with Crippen molar-refractivity contribution in [2.45, 2.75) is 0 Å². The Labute approximate surface area is 422 Å². The van der Waals surface area contributed by atoms with Crippen LogP contribution < -0.4 is 25.6 Å². The maximum atomic E-state index is 2.48. The van der Waals surface area contributed by atoms with Gasteiger partial charge in [-0.1, -0.05) is 261 Å². The summed E-state index contributed by atoms with van der Waals surface area (Å²) in [5.74, 6) is 0. The summed E-state index contributed by atoms with van der Waals surface area (Å²) in [6.45, 7) is 0. The van der Waals surface area contributed by atoms with Crippen molar-refractivity contribution in [1.82, 2.24) is 0 Å². The predicted molar refractivity (Wildman–Crippen MR) is 311 cm³/mol. The summed E-state index contributed by atoms with van der Waals surface area (Å²) in [4.78, 5) is 2.48. The molecule has 0 N–H and O–H groups in total. The van der Waals surface area contributed by atoms with Gasteiger partial charge in [-0.3, -0.25) is 0 Å². The predicted octanol–water partition coefficient (Wildman–Crippen LogP) is 16.1. The summed E-state index contributed by atoms with van der Waals surface area (Å²) in [5.41, 5.74) is 10.6. The van der Waals surface area contributed by atoms with Crippen molar-refractivity contribution in [3.63, 3.8) is 0 Å². The third kappa shape index (κ3) is 7.23. The van der Waals surface area contributed by atoms with Gasteiger partial charge in [-0.2, -0.15) is 0 Å². The molecule has 13 rings (SSSR count). The molecule has 0 amide bonds. The van der Waals surface area contributed by atoms with Crippen molar-refractivity contribution in [1.29, 1.82) is 0 Å². The maximum Gasteiger partial charge on any atom is 0.179 e. The highest BCUT2D eigenvalue weighted by molar-refractivity contribution is 7.19. The second kappa shape index (κ2) is 18.3. The fourth-order valence-electron chi connectivity index (χ4n) is 11.6. The molecule has 2 heteroatoms. The second-order valence-corrected chi connectivity index (χ2v) is 22.5. The highest BCUT2D eigenvalue weighted by Gasteiger charge is 2.41. The van der Waals surface area contributed by atoms with E-state index >= 15 is 0 Å². The first kappa shape index (κ1) is 43.0. The van der Waals surface area contributed by atoms with Crippen LogP contribution >= 0.6 is 0 Å². The van der Waals surface area contributed by atoms with Gasteiger partial charge in [-0.05, 0) is 128 Å². The van der Waals surface area contributed by atoms with E-state index in [0.29, 0.717) is 0 Å². The Balaban J connectivity index is 1.10.